The van der Waals surface area contributed by atoms with E-state index in [1.165, 1.54) is 19.2 Å². The molecule has 0 saturated carbocycles. The first-order chi connectivity index (χ1) is 6.93. The highest BCUT2D eigenvalue weighted by atomic mass is 19.3. The molecule has 1 atom stereocenters. The van der Waals surface area contributed by atoms with Gasteiger partial charge >= 0.3 is 0 Å². The topological polar surface area (TPSA) is 33.1 Å². The second-order valence-corrected chi connectivity index (χ2v) is 3.55. The Balaban J connectivity index is 2.84. The maximum atomic E-state index is 13.4. The fraction of sp³-hybridized carbons (Fsp3) is 0.364. The average molecular weight is 213 g/mol. The zero-order valence-electron chi connectivity index (χ0n) is 8.45. The Labute approximate surface area is 87.3 Å². The molecule has 0 spiro atoms. The molecule has 82 valence electrons. The second-order valence-electron chi connectivity index (χ2n) is 3.55. The van der Waals surface area contributed by atoms with E-state index in [1.54, 1.807) is 12.1 Å². The molecule has 0 bridgehead atoms. The van der Waals surface area contributed by atoms with E-state index in [2.05, 4.69) is 11.6 Å². The summed E-state index contributed by atoms with van der Waals surface area (Å²) in [6.07, 6.45) is -1.05. The SMILES string of the molecule is C=C(C)CC(F)(F)[C@@H](O)c1ccccn1. The van der Waals surface area contributed by atoms with Crippen molar-refractivity contribution in [2.75, 3.05) is 0 Å². The van der Waals surface area contributed by atoms with E-state index in [4.69, 9.17) is 0 Å². The molecule has 0 fully saturated rings. The van der Waals surface area contributed by atoms with E-state index >= 15 is 0 Å². The lowest BCUT2D eigenvalue weighted by Crippen LogP contribution is -2.27. The van der Waals surface area contributed by atoms with Crippen molar-refractivity contribution in [3.05, 3.63) is 42.2 Å². The Bertz CT molecular complexity index is 338. The molecule has 0 unspecified atom stereocenters. The monoisotopic (exact) mass is 213 g/mol. The molecule has 0 amide bonds. The van der Waals surface area contributed by atoms with Crippen molar-refractivity contribution in [1.82, 2.24) is 4.98 Å². The third kappa shape index (κ3) is 3.09. The number of halogens is 2. The van der Waals surface area contributed by atoms with Crippen LogP contribution in [-0.2, 0) is 0 Å². The highest BCUT2D eigenvalue weighted by molar-refractivity contribution is 5.11. The minimum Gasteiger partial charge on any atom is -0.380 e. The summed E-state index contributed by atoms with van der Waals surface area (Å²) < 4.78 is 26.8. The van der Waals surface area contributed by atoms with Gasteiger partial charge in [-0.3, -0.25) is 4.98 Å². The number of alkyl halides is 2. The lowest BCUT2D eigenvalue weighted by molar-refractivity contribution is -0.111. The van der Waals surface area contributed by atoms with Gasteiger partial charge in [0.05, 0.1) is 5.69 Å². The summed E-state index contributed by atoms with van der Waals surface area (Å²) in [5.41, 5.74) is 0.304. The summed E-state index contributed by atoms with van der Waals surface area (Å²) in [5, 5.41) is 9.44. The van der Waals surface area contributed by atoms with Gasteiger partial charge in [-0.05, 0) is 19.1 Å². The van der Waals surface area contributed by atoms with Crippen LogP contribution in [0.3, 0.4) is 0 Å². The van der Waals surface area contributed by atoms with Crippen molar-refractivity contribution in [3.8, 4) is 0 Å². The maximum absolute atomic E-state index is 13.4. The first kappa shape index (κ1) is 11.8. The summed E-state index contributed by atoms with van der Waals surface area (Å²) >= 11 is 0. The molecular formula is C11H13F2NO. The number of hydrogen-bond acceptors (Lipinski definition) is 2. The van der Waals surface area contributed by atoms with Gasteiger partial charge < -0.3 is 5.11 Å². The van der Waals surface area contributed by atoms with Crippen LogP contribution in [-0.4, -0.2) is 16.0 Å². The van der Waals surface area contributed by atoms with Crippen LogP contribution in [0.1, 0.15) is 25.1 Å². The van der Waals surface area contributed by atoms with Crippen LogP contribution in [0.2, 0.25) is 0 Å². The molecule has 2 nitrogen and oxygen atoms in total. The van der Waals surface area contributed by atoms with Crippen LogP contribution in [0.15, 0.2) is 36.5 Å². The largest absolute Gasteiger partial charge is 0.380 e. The van der Waals surface area contributed by atoms with Crippen molar-refractivity contribution in [2.24, 2.45) is 0 Å². The van der Waals surface area contributed by atoms with Gasteiger partial charge in [-0.1, -0.05) is 18.2 Å². The molecule has 0 aliphatic carbocycles. The standard InChI is InChI=1S/C11H13F2NO/c1-8(2)7-11(12,13)10(15)9-5-3-4-6-14-9/h3-6,10,15H,1,7H2,2H3/t10-/m0/s1. The molecule has 0 radical (unpaired) electrons. The van der Waals surface area contributed by atoms with Crippen molar-refractivity contribution in [2.45, 2.75) is 25.4 Å². The third-order valence-corrected chi connectivity index (χ3v) is 1.91. The van der Waals surface area contributed by atoms with Gasteiger partial charge in [-0.15, -0.1) is 0 Å². The fourth-order valence-electron chi connectivity index (χ4n) is 1.25. The number of aliphatic hydroxyl groups is 1. The van der Waals surface area contributed by atoms with Crippen molar-refractivity contribution in [1.29, 1.82) is 0 Å². The van der Waals surface area contributed by atoms with E-state index in [0.29, 0.717) is 5.57 Å². The van der Waals surface area contributed by atoms with Gasteiger partial charge in [-0.25, -0.2) is 8.78 Å². The van der Waals surface area contributed by atoms with Crippen LogP contribution < -0.4 is 0 Å². The van der Waals surface area contributed by atoms with Gasteiger partial charge in [0.25, 0.3) is 5.92 Å². The molecule has 1 N–H and O–H groups in total. The number of nitrogens with zero attached hydrogens (tertiary/aromatic N) is 1. The molecule has 1 aromatic rings. The van der Waals surface area contributed by atoms with Gasteiger partial charge in [0.2, 0.25) is 0 Å². The van der Waals surface area contributed by atoms with E-state index in [0.717, 1.165) is 0 Å². The van der Waals surface area contributed by atoms with Crippen LogP contribution in [0.5, 0.6) is 0 Å². The normalized spacial score (nSPS) is 13.6. The van der Waals surface area contributed by atoms with E-state index < -0.39 is 18.4 Å². The average Bonchev–Trinajstić information content (AvgIpc) is 2.16. The second kappa shape index (κ2) is 4.49. The van der Waals surface area contributed by atoms with E-state index in [9.17, 15) is 13.9 Å². The molecule has 0 aliphatic rings. The first-order valence-corrected chi connectivity index (χ1v) is 4.54. The quantitative estimate of drug-likeness (QED) is 0.780. The number of aromatic nitrogens is 1. The first-order valence-electron chi connectivity index (χ1n) is 4.54. The van der Waals surface area contributed by atoms with Crippen molar-refractivity contribution < 1.29 is 13.9 Å². The lowest BCUT2D eigenvalue weighted by atomic mass is 10.0. The molecule has 1 heterocycles. The summed E-state index contributed by atoms with van der Waals surface area (Å²) in [4.78, 5) is 3.69. The van der Waals surface area contributed by atoms with Gasteiger partial charge in [0, 0.05) is 12.6 Å². The predicted molar refractivity (Wildman–Crippen MR) is 53.6 cm³/mol. The minimum atomic E-state index is -3.22. The van der Waals surface area contributed by atoms with Gasteiger partial charge in [-0.2, -0.15) is 0 Å². The smallest absolute Gasteiger partial charge is 0.282 e. The van der Waals surface area contributed by atoms with Crippen molar-refractivity contribution >= 4 is 0 Å². The highest BCUT2D eigenvalue weighted by Crippen LogP contribution is 2.35. The Hall–Kier alpha value is -1.29. The number of aliphatic hydroxyl groups excluding tert-OH is 1. The molecular weight excluding hydrogens is 200 g/mol. The zero-order chi connectivity index (χ0) is 11.5. The van der Waals surface area contributed by atoms with Crippen molar-refractivity contribution in [3.63, 3.8) is 0 Å². The highest BCUT2D eigenvalue weighted by Gasteiger charge is 2.39. The van der Waals surface area contributed by atoms with Crippen LogP contribution in [0, 0.1) is 0 Å². The molecule has 0 aromatic carbocycles. The molecule has 1 rings (SSSR count). The molecule has 1 aromatic heterocycles. The molecule has 15 heavy (non-hydrogen) atoms. The van der Waals surface area contributed by atoms with Crippen LogP contribution in [0.25, 0.3) is 0 Å². The third-order valence-electron chi connectivity index (χ3n) is 1.91. The van der Waals surface area contributed by atoms with E-state index in [-0.39, 0.29) is 5.69 Å². The summed E-state index contributed by atoms with van der Waals surface area (Å²) in [5.74, 6) is -3.22. The predicted octanol–water partition coefficient (Wildman–Crippen LogP) is 2.72. The fourth-order valence-corrected chi connectivity index (χ4v) is 1.25. The number of rotatable bonds is 4. The maximum Gasteiger partial charge on any atom is 0.282 e. The molecule has 0 saturated heterocycles. The van der Waals surface area contributed by atoms with Crippen LogP contribution in [0.4, 0.5) is 8.78 Å². The Kier molecular flexibility index (Phi) is 3.52. The molecule has 4 heteroatoms. The summed E-state index contributed by atoms with van der Waals surface area (Å²) in [6.45, 7) is 4.90. The van der Waals surface area contributed by atoms with Crippen LogP contribution >= 0.6 is 0 Å². The number of hydrogen-bond donors (Lipinski definition) is 1. The Morgan fingerprint density at radius 2 is 2.27 bits per heavy atom. The van der Waals surface area contributed by atoms with E-state index in [1.807, 2.05) is 0 Å². The van der Waals surface area contributed by atoms with Gasteiger partial charge in [0.15, 0.2) is 6.10 Å². The number of pyridine rings is 1. The summed E-state index contributed by atoms with van der Waals surface area (Å²) in [7, 11) is 0. The van der Waals surface area contributed by atoms with Gasteiger partial charge in [0.1, 0.15) is 0 Å². The summed E-state index contributed by atoms with van der Waals surface area (Å²) in [6, 6.07) is 4.53. The Morgan fingerprint density at radius 3 is 2.73 bits per heavy atom. The molecule has 0 aliphatic heterocycles. The minimum absolute atomic E-state index is 0.0243. The number of allylic oxidation sites excluding steroid dienone is 1. The zero-order valence-corrected chi connectivity index (χ0v) is 8.45. The Morgan fingerprint density at radius 1 is 1.60 bits per heavy atom. The lowest BCUT2D eigenvalue weighted by Gasteiger charge is -2.22.